The molecule has 4 heteroatoms. The van der Waals surface area contributed by atoms with Gasteiger partial charge in [-0.05, 0) is 12.1 Å². The first kappa shape index (κ1) is 14.7. The van der Waals surface area contributed by atoms with Gasteiger partial charge in [-0.1, -0.05) is 60.7 Å². The summed E-state index contributed by atoms with van der Waals surface area (Å²) in [5.74, 6) is -0.0474. The molecule has 0 spiro atoms. The van der Waals surface area contributed by atoms with E-state index >= 15 is 0 Å². The molecule has 0 atom stereocenters. The van der Waals surface area contributed by atoms with E-state index in [9.17, 15) is 4.79 Å². The fraction of sp³-hybridized carbons (Fsp3) is 0. The van der Waals surface area contributed by atoms with Crippen molar-refractivity contribution in [3.05, 3.63) is 95.7 Å². The fourth-order valence-electron chi connectivity index (χ4n) is 2.24. The Balaban J connectivity index is 2.12. The molecular weight excluding hydrogens is 286 g/mol. The van der Waals surface area contributed by atoms with Crippen LogP contribution in [-0.4, -0.2) is 16.6 Å². The van der Waals surface area contributed by atoms with Gasteiger partial charge < -0.3 is 5.73 Å². The number of hydrogen-bond donors (Lipinski definition) is 1. The topological polar surface area (TPSA) is 68.3 Å². The van der Waals surface area contributed by atoms with E-state index in [2.05, 4.69) is 9.98 Å². The van der Waals surface area contributed by atoms with E-state index in [0.717, 1.165) is 16.8 Å². The molecule has 0 aliphatic rings. The van der Waals surface area contributed by atoms with E-state index in [4.69, 9.17) is 5.73 Å². The Morgan fingerprint density at radius 2 is 1.39 bits per heavy atom. The maximum atomic E-state index is 11.3. The number of carbonyl (C=O) groups is 1. The summed E-state index contributed by atoms with van der Waals surface area (Å²) in [5.41, 5.74) is 8.45. The van der Waals surface area contributed by atoms with E-state index in [-0.39, 0.29) is 0 Å². The largest absolute Gasteiger partial charge is 0.366 e. The van der Waals surface area contributed by atoms with Gasteiger partial charge in [0.15, 0.2) is 5.82 Å². The second kappa shape index (κ2) is 6.66. The number of hydrogen-bond acceptors (Lipinski definition) is 3. The quantitative estimate of drug-likeness (QED) is 0.751. The minimum Gasteiger partial charge on any atom is -0.366 e. The Morgan fingerprint density at radius 3 is 1.91 bits per heavy atom. The summed E-state index contributed by atoms with van der Waals surface area (Å²) in [4.78, 5) is 20.2. The van der Waals surface area contributed by atoms with Crippen LogP contribution in [0.2, 0.25) is 0 Å². The molecule has 3 aromatic rings. The molecule has 0 radical (unpaired) electrons. The first-order valence-corrected chi connectivity index (χ1v) is 7.19. The summed E-state index contributed by atoms with van der Waals surface area (Å²) < 4.78 is 0. The predicted molar refractivity (Wildman–Crippen MR) is 90.9 cm³/mol. The number of rotatable bonds is 4. The third-order valence-electron chi connectivity index (χ3n) is 3.35. The summed E-state index contributed by atoms with van der Waals surface area (Å²) in [5, 5.41) is 0. The third-order valence-corrected chi connectivity index (χ3v) is 3.35. The predicted octanol–water partition coefficient (Wildman–Crippen LogP) is 3.35. The van der Waals surface area contributed by atoms with Crippen molar-refractivity contribution < 1.29 is 4.79 Å². The van der Waals surface area contributed by atoms with Crippen LogP contribution in [0.3, 0.4) is 0 Å². The lowest BCUT2D eigenvalue weighted by atomic mass is 10.0. The molecular formula is C19H15N3O. The van der Waals surface area contributed by atoms with E-state index in [1.165, 1.54) is 6.20 Å². The Labute approximate surface area is 134 Å². The first-order valence-electron chi connectivity index (χ1n) is 7.19. The van der Waals surface area contributed by atoms with Crippen LogP contribution in [0.25, 0.3) is 0 Å². The number of primary amides is 1. The van der Waals surface area contributed by atoms with Gasteiger partial charge in [-0.25, -0.2) is 9.98 Å². The SMILES string of the molecule is NC(=O)c1ccnc(N=C(c2ccccc2)c2ccccc2)c1. The van der Waals surface area contributed by atoms with E-state index in [1.54, 1.807) is 12.1 Å². The maximum Gasteiger partial charge on any atom is 0.248 e. The Hall–Kier alpha value is -3.27. The molecule has 1 aromatic heterocycles. The van der Waals surface area contributed by atoms with Gasteiger partial charge in [-0.3, -0.25) is 4.79 Å². The van der Waals surface area contributed by atoms with Gasteiger partial charge in [-0.2, -0.15) is 0 Å². The molecule has 2 N–H and O–H groups in total. The number of benzene rings is 2. The molecule has 0 aliphatic carbocycles. The number of amides is 1. The number of carbonyl (C=O) groups excluding carboxylic acids is 1. The number of aromatic nitrogens is 1. The Bertz CT molecular complexity index is 801. The minimum absolute atomic E-state index is 0.388. The number of nitrogens with two attached hydrogens (primary N) is 1. The van der Waals surface area contributed by atoms with Gasteiger partial charge in [0, 0.05) is 22.9 Å². The van der Waals surface area contributed by atoms with Gasteiger partial charge in [0.1, 0.15) is 0 Å². The molecule has 0 fully saturated rings. The van der Waals surface area contributed by atoms with Gasteiger partial charge in [-0.15, -0.1) is 0 Å². The van der Waals surface area contributed by atoms with Crippen molar-refractivity contribution in [1.82, 2.24) is 4.98 Å². The summed E-state index contributed by atoms with van der Waals surface area (Å²) in [6.07, 6.45) is 1.53. The molecule has 0 saturated heterocycles. The lowest BCUT2D eigenvalue weighted by Crippen LogP contribution is -2.10. The smallest absolute Gasteiger partial charge is 0.248 e. The van der Waals surface area contributed by atoms with Crippen LogP contribution in [0.5, 0.6) is 0 Å². The van der Waals surface area contributed by atoms with Crippen LogP contribution in [0, 0.1) is 0 Å². The summed E-state index contributed by atoms with van der Waals surface area (Å²) in [6, 6.07) is 22.9. The van der Waals surface area contributed by atoms with E-state index < -0.39 is 5.91 Å². The number of aliphatic imine (C=N–C) groups is 1. The third kappa shape index (κ3) is 3.49. The standard InChI is InChI=1S/C19H15N3O/c20-19(23)16-11-12-21-17(13-16)22-18(14-7-3-1-4-8-14)15-9-5-2-6-10-15/h1-13H,(H2,20,23). The highest BCUT2D eigenvalue weighted by molar-refractivity contribution is 6.13. The summed E-state index contributed by atoms with van der Waals surface area (Å²) in [6.45, 7) is 0. The highest BCUT2D eigenvalue weighted by Crippen LogP contribution is 2.17. The zero-order valence-electron chi connectivity index (χ0n) is 12.4. The molecule has 112 valence electrons. The molecule has 0 unspecified atom stereocenters. The summed E-state index contributed by atoms with van der Waals surface area (Å²) in [7, 11) is 0. The monoisotopic (exact) mass is 301 g/mol. The van der Waals surface area contributed by atoms with Crippen molar-refractivity contribution in [2.75, 3.05) is 0 Å². The van der Waals surface area contributed by atoms with Gasteiger partial charge in [0.05, 0.1) is 5.71 Å². The number of pyridine rings is 1. The zero-order valence-corrected chi connectivity index (χ0v) is 12.4. The lowest BCUT2D eigenvalue weighted by Gasteiger charge is -2.07. The van der Waals surface area contributed by atoms with Crippen molar-refractivity contribution in [2.45, 2.75) is 0 Å². The van der Waals surface area contributed by atoms with Crippen LogP contribution in [0.15, 0.2) is 84.0 Å². The van der Waals surface area contributed by atoms with Crippen LogP contribution in [0.4, 0.5) is 5.82 Å². The van der Waals surface area contributed by atoms with Gasteiger partial charge in [0.2, 0.25) is 5.91 Å². The molecule has 0 aliphatic heterocycles. The Morgan fingerprint density at radius 1 is 0.826 bits per heavy atom. The number of nitrogens with zero attached hydrogens (tertiary/aromatic N) is 2. The van der Waals surface area contributed by atoms with Crippen molar-refractivity contribution in [3.63, 3.8) is 0 Å². The molecule has 4 nitrogen and oxygen atoms in total. The second-order valence-electron chi connectivity index (χ2n) is 4.96. The average Bonchev–Trinajstić information content (AvgIpc) is 2.61. The van der Waals surface area contributed by atoms with Crippen molar-refractivity contribution in [1.29, 1.82) is 0 Å². The molecule has 3 rings (SSSR count). The molecule has 1 heterocycles. The van der Waals surface area contributed by atoms with Gasteiger partial charge in [0.25, 0.3) is 0 Å². The van der Waals surface area contributed by atoms with Gasteiger partial charge >= 0.3 is 0 Å². The molecule has 23 heavy (non-hydrogen) atoms. The van der Waals surface area contributed by atoms with Crippen LogP contribution >= 0.6 is 0 Å². The lowest BCUT2D eigenvalue weighted by molar-refractivity contribution is 0.1000. The molecule has 1 amide bonds. The van der Waals surface area contributed by atoms with Crippen LogP contribution < -0.4 is 5.73 Å². The van der Waals surface area contributed by atoms with E-state index in [0.29, 0.717) is 11.4 Å². The molecule has 2 aromatic carbocycles. The van der Waals surface area contributed by atoms with E-state index in [1.807, 2.05) is 60.7 Å². The highest BCUT2D eigenvalue weighted by atomic mass is 16.1. The summed E-state index contributed by atoms with van der Waals surface area (Å²) >= 11 is 0. The maximum absolute atomic E-state index is 11.3. The molecule has 0 bridgehead atoms. The van der Waals surface area contributed by atoms with Crippen LogP contribution in [0.1, 0.15) is 21.5 Å². The molecule has 0 saturated carbocycles. The zero-order chi connectivity index (χ0) is 16.1. The first-order chi connectivity index (χ1) is 11.2. The van der Waals surface area contributed by atoms with Crippen LogP contribution in [-0.2, 0) is 0 Å². The van der Waals surface area contributed by atoms with Crippen molar-refractivity contribution in [3.8, 4) is 0 Å². The Kier molecular flexibility index (Phi) is 4.25. The average molecular weight is 301 g/mol. The highest BCUT2D eigenvalue weighted by Gasteiger charge is 2.08. The van der Waals surface area contributed by atoms with Crippen molar-refractivity contribution in [2.24, 2.45) is 10.7 Å². The second-order valence-corrected chi connectivity index (χ2v) is 4.96. The fourth-order valence-corrected chi connectivity index (χ4v) is 2.24. The normalized spacial score (nSPS) is 10.1. The van der Waals surface area contributed by atoms with Crippen molar-refractivity contribution >= 4 is 17.4 Å². The minimum atomic E-state index is -0.496.